The van der Waals surface area contributed by atoms with Gasteiger partial charge in [-0.1, -0.05) is 36.3 Å². The molecular weight excluding hydrogens is 296 g/mol. The van der Waals surface area contributed by atoms with Gasteiger partial charge in [0.05, 0.1) is 6.10 Å². The Morgan fingerprint density at radius 2 is 2.00 bits per heavy atom. The standard InChI is InChI=1S/C18H22O5/c1-4-10-21-18-15(11-14-8-6-5-7-9-14)23-16(17(18)20-3)12-22-13(2)19/h1,5-9,15-18H,10-12H2,2-3H3/t15-,16+,17?,18+/m0/s1. The lowest BCUT2D eigenvalue weighted by Crippen LogP contribution is -2.39. The van der Waals surface area contributed by atoms with Crippen LogP contribution in [0.5, 0.6) is 0 Å². The Hall–Kier alpha value is -1.87. The molecule has 4 atom stereocenters. The summed E-state index contributed by atoms with van der Waals surface area (Å²) in [5, 5.41) is 0. The third-order valence-electron chi connectivity index (χ3n) is 3.77. The van der Waals surface area contributed by atoms with E-state index >= 15 is 0 Å². The van der Waals surface area contributed by atoms with Gasteiger partial charge in [-0.25, -0.2) is 0 Å². The molecule has 1 aromatic carbocycles. The fourth-order valence-corrected chi connectivity index (χ4v) is 2.78. The van der Waals surface area contributed by atoms with Crippen molar-refractivity contribution in [3.05, 3.63) is 35.9 Å². The molecule has 0 aliphatic carbocycles. The lowest BCUT2D eigenvalue weighted by Gasteiger charge is -2.22. The molecule has 5 heteroatoms. The van der Waals surface area contributed by atoms with Gasteiger partial charge in [-0.3, -0.25) is 4.79 Å². The van der Waals surface area contributed by atoms with Crippen LogP contribution in [0.3, 0.4) is 0 Å². The maximum atomic E-state index is 11.0. The molecule has 23 heavy (non-hydrogen) atoms. The maximum absolute atomic E-state index is 11.0. The number of methoxy groups -OCH3 is 1. The molecule has 0 saturated carbocycles. The van der Waals surface area contributed by atoms with E-state index in [-0.39, 0.29) is 43.6 Å². The van der Waals surface area contributed by atoms with Gasteiger partial charge in [0.15, 0.2) is 0 Å². The zero-order valence-electron chi connectivity index (χ0n) is 13.4. The van der Waals surface area contributed by atoms with Gasteiger partial charge in [0.25, 0.3) is 0 Å². The lowest BCUT2D eigenvalue weighted by molar-refractivity contribution is -0.147. The van der Waals surface area contributed by atoms with E-state index in [1.54, 1.807) is 7.11 Å². The Bertz CT molecular complexity index is 536. The summed E-state index contributed by atoms with van der Waals surface area (Å²) in [4.78, 5) is 11.0. The predicted octanol–water partition coefficient (Wildman–Crippen LogP) is 1.59. The van der Waals surface area contributed by atoms with E-state index in [0.29, 0.717) is 6.42 Å². The number of benzene rings is 1. The fraction of sp³-hybridized carbons (Fsp3) is 0.500. The van der Waals surface area contributed by atoms with Gasteiger partial charge in [-0.15, -0.1) is 6.42 Å². The van der Waals surface area contributed by atoms with Gasteiger partial charge in [0.1, 0.15) is 31.5 Å². The van der Waals surface area contributed by atoms with Crippen molar-refractivity contribution in [1.29, 1.82) is 0 Å². The minimum atomic E-state index is -0.375. The molecule has 1 fully saturated rings. The molecule has 1 saturated heterocycles. The highest BCUT2D eigenvalue weighted by Crippen LogP contribution is 2.29. The number of rotatable bonds is 7. The molecule has 0 bridgehead atoms. The number of carbonyl (C=O) groups excluding carboxylic acids is 1. The van der Waals surface area contributed by atoms with Gasteiger partial charge in [-0.05, 0) is 5.56 Å². The van der Waals surface area contributed by atoms with Crippen molar-refractivity contribution in [2.75, 3.05) is 20.3 Å². The highest BCUT2D eigenvalue weighted by Gasteiger charge is 2.46. The quantitative estimate of drug-likeness (QED) is 0.564. The molecule has 0 N–H and O–H groups in total. The zero-order valence-corrected chi connectivity index (χ0v) is 13.4. The summed E-state index contributed by atoms with van der Waals surface area (Å²) in [5.41, 5.74) is 1.13. The van der Waals surface area contributed by atoms with Crippen LogP contribution < -0.4 is 0 Å². The van der Waals surface area contributed by atoms with Crippen molar-refractivity contribution < 1.29 is 23.7 Å². The zero-order chi connectivity index (χ0) is 16.7. The number of ether oxygens (including phenoxy) is 4. The van der Waals surface area contributed by atoms with Gasteiger partial charge >= 0.3 is 5.97 Å². The molecule has 1 unspecified atom stereocenters. The van der Waals surface area contributed by atoms with Crippen molar-refractivity contribution in [2.45, 2.75) is 37.8 Å². The molecule has 0 radical (unpaired) electrons. The second-order valence-corrected chi connectivity index (χ2v) is 5.39. The van der Waals surface area contributed by atoms with Crippen LogP contribution in [-0.4, -0.2) is 50.7 Å². The number of hydrogen-bond donors (Lipinski definition) is 0. The van der Waals surface area contributed by atoms with Crippen LogP contribution >= 0.6 is 0 Å². The van der Waals surface area contributed by atoms with Crippen LogP contribution in [0.1, 0.15) is 12.5 Å². The molecule has 1 aromatic rings. The van der Waals surface area contributed by atoms with Crippen molar-refractivity contribution >= 4 is 5.97 Å². The molecule has 2 rings (SSSR count). The summed E-state index contributed by atoms with van der Waals surface area (Å²) < 4.78 is 22.4. The van der Waals surface area contributed by atoms with Crippen molar-refractivity contribution in [3.63, 3.8) is 0 Å². The van der Waals surface area contributed by atoms with E-state index in [4.69, 9.17) is 25.4 Å². The smallest absolute Gasteiger partial charge is 0.302 e. The first-order valence-electron chi connectivity index (χ1n) is 7.56. The van der Waals surface area contributed by atoms with E-state index in [1.165, 1.54) is 6.92 Å². The van der Waals surface area contributed by atoms with E-state index in [9.17, 15) is 4.79 Å². The largest absolute Gasteiger partial charge is 0.463 e. The number of hydrogen-bond acceptors (Lipinski definition) is 5. The number of terminal acetylenes is 1. The summed E-state index contributed by atoms with van der Waals surface area (Å²) in [6.45, 7) is 1.68. The van der Waals surface area contributed by atoms with Crippen molar-refractivity contribution in [2.24, 2.45) is 0 Å². The Morgan fingerprint density at radius 3 is 2.61 bits per heavy atom. The minimum absolute atomic E-state index is 0.134. The molecule has 124 valence electrons. The first-order chi connectivity index (χ1) is 11.2. The second-order valence-electron chi connectivity index (χ2n) is 5.39. The molecule has 1 aliphatic heterocycles. The molecular formula is C18H22O5. The van der Waals surface area contributed by atoms with E-state index in [0.717, 1.165) is 5.56 Å². The average Bonchev–Trinajstić information content (AvgIpc) is 2.88. The molecule has 0 amide bonds. The summed E-state index contributed by atoms with van der Waals surface area (Å²) in [7, 11) is 1.59. The van der Waals surface area contributed by atoms with Crippen LogP contribution in [-0.2, 0) is 30.2 Å². The Labute approximate surface area is 136 Å². The minimum Gasteiger partial charge on any atom is -0.463 e. The van der Waals surface area contributed by atoms with E-state index in [2.05, 4.69) is 5.92 Å². The topological polar surface area (TPSA) is 54.0 Å². The monoisotopic (exact) mass is 318 g/mol. The SMILES string of the molecule is C#CCO[C@H]1C(OC)[C@@H](COC(C)=O)O[C@H]1Cc1ccccc1. The van der Waals surface area contributed by atoms with E-state index < -0.39 is 0 Å². The molecule has 1 aliphatic rings. The van der Waals surface area contributed by atoms with Crippen LogP contribution in [0.15, 0.2) is 30.3 Å². The Kier molecular flexibility index (Phi) is 6.60. The fourth-order valence-electron chi connectivity index (χ4n) is 2.78. The summed E-state index contributed by atoms with van der Waals surface area (Å²) in [6.07, 6.45) is 4.74. The van der Waals surface area contributed by atoms with Crippen LogP contribution in [0.2, 0.25) is 0 Å². The number of esters is 1. The summed E-state index contributed by atoms with van der Waals surface area (Å²) in [5.74, 6) is 2.12. The van der Waals surface area contributed by atoms with Gasteiger partial charge in [-0.2, -0.15) is 0 Å². The summed E-state index contributed by atoms with van der Waals surface area (Å²) >= 11 is 0. The third-order valence-corrected chi connectivity index (χ3v) is 3.77. The van der Waals surface area contributed by atoms with Crippen LogP contribution in [0.4, 0.5) is 0 Å². The van der Waals surface area contributed by atoms with Gasteiger partial charge < -0.3 is 18.9 Å². The third kappa shape index (κ3) is 4.80. The molecule has 1 heterocycles. The van der Waals surface area contributed by atoms with Gasteiger partial charge in [0, 0.05) is 20.5 Å². The maximum Gasteiger partial charge on any atom is 0.302 e. The molecule has 0 spiro atoms. The van der Waals surface area contributed by atoms with Crippen LogP contribution in [0, 0.1) is 12.3 Å². The summed E-state index contributed by atoms with van der Waals surface area (Å²) in [6, 6.07) is 9.98. The van der Waals surface area contributed by atoms with E-state index in [1.807, 2.05) is 30.3 Å². The highest BCUT2D eigenvalue weighted by molar-refractivity contribution is 5.65. The second kappa shape index (κ2) is 8.68. The van der Waals surface area contributed by atoms with Gasteiger partial charge in [0.2, 0.25) is 0 Å². The first-order valence-corrected chi connectivity index (χ1v) is 7.56. The van der Waals surface area contributed by atoms with Crippen molar-refractivity contribution in [3.8, 4) is 12.3 Å². The number of carbonyl (C=O) groups is 1. The Morgan fingerprint density at radius 1 is 1.26 bits per heavy atom. The highest BCUT2D eigenvalue weighted by atomic mass is 16.6. The predicted molar refractivity (Wildman–Crippen MR) is 84.8 cm³/mol. The van der Waals surface area contributed by atoms with Crippen LogP contribution in [0.25, 0.3) is 0 Å². The molecule has 0 aromatic heterocycles. The lowest BCUT2D eigenvalue weighted by atomic mass is 10.0. The normalized spacial score (nSPS) is 26.7. The Balaban J connectivity index is 2.10. The first kappa shape index (κ1) is 17.5. The average molecular weight is 318 g/mol. The van der Waals surface area contributed by atoms with Crippen molar-refractivity contribution in [1.82, 2.24) is 0 Å². The molecule has 5 nitrogen and oxygen atoms in total.